The first-order chi connectivity index (χ1) is 5.75. The Bertz CT molecular complexity index is 309. The summed E-state index contributed by atoms with van der Waals surface area (Å²) < 4.78 is 0. The summed E-state index contributed by atoms with van der Waals surface area (Å²) in [7, 11) is 0. The first-order valence-electron chi connectivity index (χ1n) is 3.67. The molecular weight excluding hydrogens is 148 g/mol. The number of carbonyl (C=O) groups is 1. The lowest BCUT2D eigenvalue weighted by molar-refractivity contribution is -0.109. The van der Waals surface area contributed by atoms with Crippen molar-refractivity contribution in [1.82, 2.24) is 0 Å². The average molecular weight is 158 g/mol. The van der Waals surface area contributed by atoms with Gasteiger partial charge in [0.05, 0.1) is 0 Å². The zero-order valence-corrected chi connectivity index (χ0v) is 6.79. The molecule has 0 N–H and O–H groups in total. The summed E-state index contributed by atoms with van der Waals surface area (Å²) in [6.45, 7) is 7.07. The van der Waals surface area contributed by atoms with Gasteiger partial charge in [-0.25, -0.2) is 0 Å². The van der Waals surface area contributed by atoms with Gasteiger partial charge in [0.2, 0.25) is 0 Å². The second-order valence-corrected chi connectivity index (χ2v) is 2.41. The molecule has 0 bridgehead atoms. The van der Waals surface area contributed by atoms with Crippen molar-refractivity contribution in [3.05, 3.63) is 55.1 Å². The topological polar surface area (TPSA) is 17.1 Å². The molecule has 1 nitrogen and oxygen atoms in total. The van der Waals surface area contributed by atoms with Crippen molar-refractivity contribution in [2.45, 2.75) is 0 Å². The highest BCUT2D eigenvalue weighted by Gasteiger charge is 2.03. The molecule has 1 aromatic carbocycles. The van der Waals surface area contributed by atoms with Crippen LogP contribution in [0.5, 0.6) is 0 Å². The van der Waals surface area contributed by atoms with Crippen LogP contribution < -0.4 is 0 Å². The van der Waals surface area contributed by atoms with Gasteiger partial charge in [0, 0.05) is 5.57 Å². The normalized spacial score (nSPS) is 9.00. The molecule has 0 amide bonds. The molecule has 0 aromatic heterocycles. The Morgan fingerprint density at radius 1 is 1.25 bits per heavy atom. The van der Waals surface area contributed by atoms with Crippen LogP contribution in [0.25, 0.3) is 5.57 Å². The summed E-state index contributed by atoms with van der Waals surface area (Å²) in [6.07, 6.45) is 1.27. The number of rotatable bonds is 3. The Morgan fingerprint density at radius 3 is 2.33 bits per heavy atom. The molecule has 0 heterocycles. The second kappa shape index (κ2) is 3.67. The number of ketones is 1. The average Bonchev–Trinajstić information content (AvgIpc) is 2.17. The van der Waals surface area contributed by atoms with E-state index in [4.69, 9.17) is 0 Å². The summed E-state index contributed by atoms with van der Waals surface area (Å²) in [5.74, 6) is -0.124. The molecule has 0 spiro atoms. The van der Waals surface area contributed by atoms with Gasteiger partial charge >= 0.3 is 0 Å². The van der Waals surface area contributed by atoms with E-state index in [1.807, 2.05) is 30.3 Å². The van der Waals surface area contributed by atoms with Gasteiger partial charge in [-0.05, 0) is 11.6 Å². The van der Waals surface area contributed by atoms with Crippen LogP contribution in [-0.2, 0) is 4.79 Å². The fourth-order valence-corrected chi connectivity index (χ4v) is 0.905. The molecule has 0 saturated carbocycles. The molecule has 0 unspecified atom stereocenters. The van der Waals surface area contributed by atoms with Crippen molar-refractivity contribution in [3.63, 3.8) is 0 Å². The summed E-state index contributed by atoms with van der Waals surface area (Å²) in [5, 5.41) is 0. The van der Waals surface area contributed by atoms with Crippen molar-refractivity contribution in [3.8, 4) is 0 Å². The largest absolute Gasteiger partial charge is 0.289 e. The molecule has 0 aliphatic heterocycles. The van der Waals surface area contributed by atoms with Gasteiger partial charge in [-0.3, -0.25) is 4.79 Å². The minimum atomic E-state index is -0.124. The maximum atomic E-state index is 11.1. The third-order valence-corrected chi connectivity index (χ3v) is 1.61. The summed E-state index contributed by atoms with van der Waals surface area (Å²) in [4.78, 5) is 11.1. The fraction of sp³-hybridized carbons (Fsp3) is 0. The molecule has 0 aliphatic carbocycles. The van der Waals surface area contributed by atoms with Crippen molar-refractivity contribution < 1.29 is 4.79 Å². The Morgan fingerprint density at radius 2 is 1.83 bits per heavy atom. The van der Waals surface area contributed by atoms with E-state index in [0.717, 1.165) is 5.56 Å². The third-order valence-electron chi connectivity index (χ3n) is 1.61. The van der Waals surface area contributed by atoms with E-state index in [2.05, 4.69) is 13.2 Å². The second-order valence-electron chi connectivity index (χ2n) is 2.41. The molecule has 0 aliphatic rings. The van der Waals surface area contributed by atoms with Crippen molar-refractivity contribution in [2.75, 3.05) is 0 Å². The Hall–Kier alpha value is -1.63. The van der Waals surface area contributed by atoms with E-state index in [1.165, 1.54) is 6.08 Å². The Labute approximate surface area is 72.0 Å². The highest BCUT2D eigenvalue weighted by Crippen LogP contribution is 2.12. The zero-order chi connectivity index (χ0) is 8.97. The third kappa shape index (κ3) is 1.70. The lowest BCUT2D eigenvalue weighted by Gasteiger charge is -1.99. The SMILES string of the molecule is C=CC(=O)C(=C)c1ccccc1. The predicted molar refractivity (Wildman–Crippen MR) is 50.7 cm³/mol. The molecule has 0 saturated heterocycles. The summed E-state index contributed by atoms with van der Waals surface area (Å²) in [5.41, 5.74) is 1.34. The first-order valence-corrected chi connectivity index (χ1v) is 3.67. The monoisotopic (exact) mass is 158 g/mol. The fourth-order valence-electron chi connectivity index (χ4n) is 0.905. The van der Waals surface area contributed by atoms with Gasteiger partial charge in [-0.2, -0.15) is 0 Å². The molecule has 0 radical (unpaired) electrons. The van der Waals surface area contributed by atoms with Crippen molar-refractivity contribution in [2.24, 2.45) is 0 Å². The number of benzene rings is 1. The molecule has 12 heavy (non-hydrogen) atoms. The molecule has 0 fully saturated rings. The van der Waals surface area contributed by atoms with E-state index in [1.54, 1.807) is 0 Å². The van der Waals surface area contributed by atoms with Crippen molar-refractivity contribution in [1.29, 1.82) is 0 Å². The minimum absolute atomic E-state index is 0.124. The highest BCUT2D eigenvalue weighted by atomic mass is 16.1. The number of allylic oxidation sites excluding steroid dienone is 2. The molecule has 60 valence electrons. The van der Waals surface area contributed by atoms with Gasteiger partial charge < -0.3 is 0 Å². The lowest BCUT2D eigenvalue weighted by atomic mass is 10.0. The first kappa shape index (κ1) is 8.47. The van der Waals surface area contributed by atoms with Crippen LogP contribution >= 0.6 is 0 Å². The smallest absolute Gasteiger partial charge is 0.185 e. The maximum absolute atomic E-state index is 11.1. The number of hydrogen-bond donors (Lipinski definition) is 0. The molecular formula is C11H10O. The van der Waals surface area contributed by atoms with Crippen LogP contribution in [0.2, 0.25) is 0 Å². The van der Waals surface area contributed by atoms with Crippen LogP contribution in [0.1, 0.15) is 5.56 Å². The highest BCUT2D eigenvalue weighted by molar-refractivity contribution is 6.25. The predicted octanol–water partition coefficient (Wildman–Crippen LogP) is 2.45. The maximum Gasteiger partial charge on any atom is 0.185 e. The quantitative estimate of drug-likeness (QED) is 0.617. The van der Waals surface area contributed by atoms with Crippen molar-refractivity contribution >= 4 is 11.4 Å². The van der Waals surface area contributed by atoms with Crippen LogP contribution in [0.4, 0.5) is 0 Å². The number of carbonyl (C=O) groups excluding carboxylic acids is 1. The van der Waals surface area contributed by atoms with E-state index in [-0.39, 0.29) is 5.78 Å². The van der Waals surface area contributed by atoms with Gasteiger partial charge in [0.15, 0.2) is 5.78 Å². The number of hydrogen-bond acceptors (Lipinski definition) is 1. The Balaban J connectivity index is 2.93. The Kier molecular flexibility index (Phi) is 2.59. The van der Waals surface area contributed by atoms with Crippen LogP contribution in [-0.4, -0.2) is 5.78 Å². The molecule has 1 rings (SSSR count). The summed E-state index contributed by atoms with van der Waals surface area (Å²) >= 11 is 0. The molecule has 1 heteroatoms. The van der Waals surface area contributed by atoms with Gasteiger partial charge in [-0.15, -0.1) is 0 Å². The van der Waals surface area contributed by atoms with Crippen LogP contribution in [0.3, 0.4) is 0 Å². The minimum Gasteiger partial charge on any atom is -0.289 e. The van der Waals surface area contributed by atoms with E-state index >= 15 is 0 Å². The van der Waals surface area contributed by atoms with Gasteiger partial charge in [0.1, 0.15) is 0 Å². The zero-order valence-electron chi connectivity index (χ0n) is 6.79. The molecule has 1 aromatic rings. The summed E-state index contributed by atoms with van der Waals surface area (Å²) in [6, 6.07) is 9.34. The van der Waals surface area contributed by atoms with E-state index < -0.39 is 0 Å². The van der Waals surface area contributed by atoms with Gasteiger partial charge in [-0.1, -0.05) is 43.5 Å². The van der Waals surface area contributed by atoms with Crippen LogP contribution in [0.15, 0.2) is 49.6 Å². The van der Waals surface area contributed by atoms with Gasteiger partial charge in [0.25, 0.3) is 0 Å². The van der Waals surface area contributed by atoms with E-state index in [0.29, 0.717) is 5.57 Å². The van der Waals surface area contributed by atoms with E-state index in [9.17, 15) is 4.79 Å². The van der Waals surface area contributed by atoms with Crippen LogP contribution in [0, 0.1) is 0 Å². The lowest BCUT2D eigenvalue weighted by Crippen LogP contribution is -1.94. The molecule has 0 atom stereocenters. The standard InChI is InChI=1S/C11H10O/c1-3-11(12)9(2)10-7-5-4-6-8-10/h3-8H,1-2H2.